The maximum Gasteiger partial charge on any atom is 0.131 e. The van der Waals surface area contributed by atoms with Crippen LogP contribution >= 0.6 is 15.9 Å². The summed E-state index contributed by atoms with van der Waals surface area (Å²) in [6.07, 6.45) is 5.74. The Morgan fingerprint density at radius 2 is 2.06 bits per heavy atom. The van der Waals surface area contributed by atoms with Gasteiger partial charge < -0.3 is 4.90 Å². The van der Waals surface area contributed by atoms with Crippen molar-refractivity contribution in [3.63, 3.8) is 0 Å². The Bertz CT molecular complexity index is 395. The van der Waals surface area contributed by atoms with Gasteiger partial charge in [-0.25, -0.2) is 4.98 Å². The largest absolute Gasteiger partial charge is 0.356 e. The molecule has 0 N–H and O–H groups in total. The van der Waals surface area contributed by atoms with Gasteiger partial charge in [-0.3, -0.25) is 0 Å². The lowest BCUT2D eigenvalue weighted by molar-refractivity contribution is 0.237. The highest BCUT2D eigenvalue weighted by Crippen LogP contribution is 2.35. The monoisotopic (exact) mass is 296 g/mol. The van der Waals surface area contributed by atoms with Crippen molar-refractivity contribution in [2.24, 2.45) is 5.41 Å². The third-order valence-corrected chi connectivity index (χ3v) is 4.57. The summed E-state index contributed by atoms with van der Waals surface area (Å²) >= 11 is 3.47. The first kappa shape index (κ1) is 12.9. The van der Waals surface area contributed by atoms with Gasteiger partial charge in [-0.15, -0.1) is 0 Å². The normalized spacial score (nSPS) is 19.4. The molecule has 0 unspecified atom stereocenters. The van der Waals surface area contributed by atoms with Gasteiger partial charge in [0.2, 0.25) is 0 Å². The van der Waals surface area contributed by atoms with E-state index in [1.54, 1.807) is 0 Å². The van der Waals surface area contributed by atoms with Crippen molar-refractivity contribution >= 4 is 21.7 Å². The molecular weight excluding hydrogens is 276 g/mol. The van der Waals surface area contributed by atoms with Gasteiger partial charge >= 0.3 is 0 Å². The Labute approximate surface area is 113 Å². The minimum atomic E-state index is 0.541. The fourth-order valence-corrected chi connectivity index (χ4v) is 2.92. The summed E-state index contributed by atoms with van der Waals surface area (Å²) in [5.74, 6) is 1.16. The SMILES string of the molecule is CCC1(C)CCN(c2ncc(Br)cc2C)CC1. The third-order valence-electron chi connectivity index (χ3n) is 4.14. The van der Waals surface area contributed by atoms with E-state index in [0.29, 0.717) is 5.41 Å². The number of aromatic nitrogens is 1. The standard InChI is InChI=1S/C14H21BrN2/c1-4-14(3)5-7-17(8-6-14)13-11(2)9-12(15)10-16-13/h9-10H,4-8H2,1-3H3. The number of nitrogens with zero attached hydrogens (tertiary/aromatic N) is 2. The molecule has 0 amide bonds. The van der Waals surface area contributed by atoms with Gasteiger partial charge in [0.15, 0.2) is 0 Å². The zero-order valence-electron chi connectivity index (χ0n) is 11.0. The van der Waals surface area contributed by atoms with E-state index >= 15 is 0 Å². The molecule has 0 aromatic carbocycles. The second-order valence-electron chi connectivity index (χ2n) is 5.45. The maximum atomic E-state index is 4.55. The van der Waals surface area contributed by atoms with E-state index in [2.05, 4.69) is 52.7 Å². The molecule has 1 aromatic heterocycles. The van der Waals surface area contributed by atoms with Crippen LogP contribution in [0.15, 0.2) is 16.7 Å². The zero-order chi connectivity index (χ0) is 12.5. The molecule has 1 aromatic rings. The highest BCUT2D eigenvalue weighted by Gasteiger charge is 2.29. The van der Waals surface area contributed by atoms with E-state index in [0.717, 1.165) is 23.4 Å². The molecule has 0 saturated carbocycles. The molecule has 1 saturated heterocycles. The van der Waals surface area contributed by atoms with Crippen molar-refractivity contribution in [2.75, 3.05) is 18.0 Å². The van der Waals surface area contributed by atoms with Gasteiger partial charge in [0.25, 0.3) is 0 Å². The fraction of sp³-hybridized carbons (Fsp3) is 0.643. The highest BCUT2D eigenvalue weighted by molar-refractivity contribution is 9.10. The third kappa shape index (κ3) is 2.82. The number of anilines is 1. The van der Waals surface area contributed by atoms with Crippen LogP contribution in [0.5, 0.6) is 0 Å². The number of rotatable bonds is 2. The topological polar surface area (TPSA) is 16.1 Å². The van der Waals surface area contributed by atoms with Gasteiger partial charge in [-0.1, -0.05) is 20.3 Å². The number of hydrogen-bond acceptors (Lipinski definition) is 2. The van der Waals surface area contributed by atoms with E-state index in [4.69, 9.17) is 0 Å². The van der Waals surface area contributed by atoms with Crippen molar-refractivity contribution in [2.45, 2.75) is 40.0 Å². The Morgan fingerprint density at radius 3 is 2.59 bits per heavy atom. The number of piperidine rings is 1. The summed E-state index contributed by atoms with van der Waals surface area (Å²) in [5.41, 5.74) is 1.80. The second-order valence-corrected chi connectivity index (χ2v) is 6.36. The average Bonchev–Trinajstić information content (AvgIpc) is 2.31. The van der Waals surface area contributed by atoms with E-state index in [1.165, 1.54) is 24.8 Å². The van der Waals surface area contributed by atoms with Crippen LogP contribution < -0.4 is 4.90 Å². The minimum Gasteiger partial charge on any atom is -0.356 e. The fourth-order valence-electron chi connectivity index (χ4n) is 2.48. The molecule has 2 nitrogen and oxygen atoms in total. The van der Waals surface area contributed by atoms with E-state index in [-0.39, 0.29) is 0 Å². The molecule has 17 heavy (non-hydrogen) atoms. The first-order chi connectivity index (χ1) is 8.04. The molecule has 94 valence electrons. The average molecular weight is 297 g/mol. The maximum absolute atomic E-state index is 4.55. The van der Waals surface area contributed by atoms with Gasteiger partial charge in [-0.2, -0.15) is 0 Å². The molecule has 1 fully saturated rings. The lowest BCUT2D eigenvalue weighted by Gasteiger charge is -2.39. The smallest absolute Gasteiger partial charge is 0.131 e. The molecule has 0 spiro atoms. The predicted molar refractivity (Wildman–Crippen MR) is 76.5 cm³/mol. The number of aryl methyl sites for hydroxylation is 1. The summed E-state index contributed by atoms with van der Waals surface area (Å²) in [6, 6.07) is 2.15. The summed E-state index contributed by atoms with van der Waals surface area (Å²) in [7, 11) is 0. The molecule has 2 heterocycles. The molecule has 0 aliphatic carbocycles. The quantitative estimate of drug-likeness (QED) is 0.814. The highest BCUT2D eigenvalue weighted by atomic mass is 79.9. The summed E-state index contributed by atoms with van der Waals surface area (Å²) < 4.78 is 1.06. The summed E-state index contributed by atoms with van der Waals surface area (Å²) in [5, 5.41) is 0. The van der Waals surface area contributed by atoms with Crippen molar-refractivity contribution < 1.29 is 0 Å². The lowest BCUT2D eigenvalue weighted by atomic mass is 9.78. The Balaban J connectivity index is 2.10. The van der Waals surface area contributed by atoms with Crippen molar-refractivity contribution in [1.29, 1.82) is 0 Å². The van der Waals surface area contributed by atoms with Crippen LogP contribution in [0.4, 0.5) is 5.82 Å². The molecule has 0 bridgehead atoms. The first-order valence-corrected chi connectivity index (χ1v) is 7.20. The predicted octanol–water partition coefficient (Wildman–Crippen LogP) is 4.17. The second kappa shape index (κ2) is 4.97. The molecular formula is C14H21BrN2. The van der Waals surface area contributed by atoms with E-state index in [1.807, 2.05) is 6.20 Å². The molecule has 1 aliphatic heterocycles. The molecule has 1 aliphatic rings. The minimum absolute atomic E-state index is 0.541. The van der Waals surface area contributed by atoms with Gasteiger partial charge in [0, 0.05) is 23.8 Å². The Kier molecular flexibility index (Phi) is 3.76. The zero-order valence-corrected chi connectivity index (χ0v) is 12.5. The molecule has 2 rings (SSSR count). The van der Waals surface area contributed by atoms with E-state index < -0.39 is 0 Å². The van der Waals surface area contributed by atoms with E-state index in [9.17, 15) is 0 Å². The molecule has 0 radical (unpaired) electrons. The van der Waals surface area contributed by atoms with Crippen LogP contribution in [0.3, 0.4) is 0 Å². The first-order valence-electron chi connectivity index (χ1n) is 6.41. The molecule has 3 heteroatoms. The Hall–Kier alpha value is -0.570. The van der Waals surface area contributed by atoms with Crippen LogP contribution in [0.1, 0.15) is 38.7 Å². The summed E-state index contributed by atoms with van der Waals surface area (Å²) in [6.45, 7) is 9.13. The molecule has 0 atom stereocenters. The van der Waals surface area contributed by atoms with Gasteiger partial charge in [0.05, 0.1) is 0 Å². The van der Waals surface area contributed by atoms with Gasteiger partial charge in [0.1, 0.15) is 5.82 Å². The van der Waals surface area contributed by atoms with Crippen molar-refractivity contribution in [3.8, 4) is 0 Å². The van der Waals surface area contributed by atoms with Crippen LogP contribution in [-0.4, -0.2) is 18.1 Å². The number of hydrogen-bond donors (Lipinski definition) is 0. The Morgan fingerprint density at radius 1 is 1.41 bits per heavy atom. The van der Waals surface area contributed by atoms with Crippen molar-refractivity contribution in [3.05, 3.63) is 22.3 Å². The van der Waals surface area contributed by atoms with Crippen LogP contribution in [0.2, 0.25) is 0 Å². The van der Waals surface area contributed by atoms with Crippen molar-refractivity contribution in [1.82, 2.24) is 4.98 Å². The summed E-state index contributed by atoms with van der Waals surface area (Å²) in [4.78, 5) is 6.98. The lowest BCUT2D eigenvalue weighted by Crippen LogP contribution is -2.39. The van der Waals surface area contributed by atoms with Gasteiger partial charge in [-0.05, 0) is 52.7 Å². The number of pyridine rings is 1. The number of halogens is 1. The van der Waals surface area contributed by atoms with Crippen LogP contribution in [0, 0.1) is 12.3 Å². The van der Waals surface area contributed by atoms with Crippen LogP contribution in [0.25, 0.3) is 0 Å². The van der Waals surface area contributed by atoms with Crippen LogP contribution in [-0.2, 0) is 0 Å².